The van der Waals surface area contributed by atoms with Crippen molar-refractivity contribution in [2.75, 3.05) is 32.4 Å². The van der Waals surface area contributed by atoms with Crippen LogP contribution in [0.2, 0.25) is 0 Å². The van der Waals surface area contributed by atoms with Crippen molar-refractivity contribution in [3.05, 3.63) is 11.6 Å². The van der Waals surface area contributed by atoms with Crippen molar-refractivity contribution < 1.29 is 0 Å². The highest BCUT2D eigenvalue weighted by Crippen LogP contribution is 2.20. The highest BCUT2D eigenvalue weighted by Gasteiger charge is 2.12. The Morgan fingerprint density at radius 1 is 1.25 bits per heavy atom. The van der Waals surface area contributed by atoms with Gasteiger partial charge >= 0.3 is 0 Å². The van der Waals surface area contributed by atoms with Crippen molar-refractivity contribution >= 4 is 53.0 Å². The number of aromatic nitrogens is 1. The Labute approximate surface area is 172 Å². The summed E-state index contributed by atoms with van der Waals surface area (Å²) in [6.45, 7) is 11.8. The van der Waals surface area contributed by atoms with Crippen molar-refractivity contribution in [2.45, 2.75) is 50.5 Å². The third-order valence-corrected chi connectivity index (χ3v) is 5.51. The van der Waals surface area contributed by atoms with Crippen molar-refractivity contribution in [1.29, 1.82) is 0 Å². The van der Waals surface area contributed by atoms with Crippen LogP contribution in [0, 0.1) is 0 Å². The molecule has 0 unspecified atom stereocenters. The molecule has 2 N–H and O–H groups in total. The largest absolute Gasteiger partial charge is 0.356 e. The van der Waals surface area contributed by atoms with Crippen molar-refractivity contribution in [1.82, 2.24) is 20.5 Å². The van der Waals surface area contributed by atoms with Gasteiger partial charge in [0.15, 0.2) is 5.96 Å². The van der Waals surface area contributed by atoms with Crippen LogP contribution in [-0.4, -0.2) is 60.4 Å². The SMILES string of the molecule is CN=C(NCCCSc1nccs1)NCCN(C(C)C)C(C)C.I. The number of nitrogens with zero attached hydrogens (tertiary/aromatic N) is 3. The van der Waals surface area contributed by atoms with Crippen LogP contribution in [0.3, 0.4) is 0 Å². The summed E-state index contributed by atoms with van der Waals surface area (Å²) in [6, 6.07) is 1.13. The molecule has 1 aromatic heterocycles. The van der Waals surface area contributed by atoms with E-state index in [1.807, 2.05) is 30.4 Å². The van der Waals surface area contributed by atoms with E-state index in [0.717, 1.165) is 42.1 Å². The fourth-order valence-corrected chi connectivity index (χ4v) is 4.00. The average Bonchev–Trinajstić information content (AvgIpc) is 3.01. The van der Waals surface area contributed by atoms with E-state index in [0.29, 0.717) is 12.1 Å². The molecule has 0 spiro atoms. The van der Waals surface area contributed by atoms with Gasteiger partial charge in [0.25, 0.3) is 0 Å². The van der Waals surface area contributed by atoms with Gasteiger partial charge in [-0.25, -0.2) is 4.98 Å². The molecule has 0 saturated heterocycles. The number of thiazole rings is 1. The summed E-state index contributed by atoms with van der Waals surface area (Å²) in [5.41, 5.74) is 0. The minimum Gasteiger partial charge on any atom is -0.356 e. The fraction of sp³-hybridized carbons (Fsp3) is 0.750. The third-order valence-electron chi connectivity index (χ3n) is 3.46. The third kappa shape index (κ3) is 10.0. The van der Waals surface area contributed by atoms with E-state index in [2.05, 4.69) is 53.2 Å². The molecule has 8 heteroatoms. The zero-order valence-corrected chi connectivity index (χ0v) is 19.4. The Bertz CT molecular complexity index is 430. The van der Waals surface area contributed by atoms with E-state index < -0.39 is 0 Å². The molecule has 0 atom stereocenters. The first-order chi connectivity index (χ1) is 11.0. The molecule has 1 aromatic rings. The van der Waals surface area contributed by atoms with Gasteiger partial charge in [0.05, 0.1) is 0 Å². The molecule has 0 aliphatic carbocycles. The molecule has 0 aromatic carbocycles. The zero-order chi connectivity index (χ0) is 17.1. The molecule has 5 nitrogen and oxygen atoms in total. The molecule has 0 fully saturated rings. The summed E-state index contributed by atoms with van der Waals surface area (Å²) in [6.07, 6.45) is 2.95. The van der Waals surface area contributed by atoms with Gasteiger partial charge in [-0.15, -0.1) is 35.3 Å². The summed E-state index contributed by atoms with van der Waals surface area (Å²) < 4.78 is 1.15. The van der Waals surface area contributed by atoms with Crippen LogP contribution in [0.15, 0.2) is 20.9 Å². The van der Waals surface area contributed by atoms with E-state index in [1.165, 1.54) is 0 Å². The lowest BCUT2D eigenvalue weighted by Gasteiger charge is -2.30. The van der Waals surface area contributed by atoms with Crippen molar-refractivity contribution in [3.63, 3.8) is 0 Å². The maximum absolute atomic E-state index is 4.28. The van der Waals surface area contributed by atoms with Gasteiger partial charge in [-0.3, -0.25) is 9.89 Å². The molecule has 0 aliphatic rings. The van der Waals surface area contributed by atoms with Gasteiger partial charge in [0.2, 0.25) is 0 Å². The average molecular weight is 486 g/mol. The number of hydrogen-bond donors (Lipinski definition) is 2. The minimum absolute atomic E-state index is 0. The number of nitrogens with one attached hydrogen (secondary N) is 2. The number of thioether (sulfide) groups is 1. The minimum atomic E-state index is 0. The van der Waals surface area contributed by atoms with Gasteiger partial charge in [-0.1, -0.05) is 11.8 Å². The zero-order valence-electron chi connectivity index (χ0n) is 15.4. The Kier molecular flexibility index (Phi) is 14.1. The van der Waals surface area contributed by atoms with Gasteiger partial charge in [-0.2, -0.15) is 0 Å². The van der Waals surface area contributed by atoms with E-state index in [4.69, 9.17) is 0 Å². The predicted octanol–water partition coefficient (Wildman–Crippen LogP) is 3.53. The Morgan fingerprint density at radius 2 is 1.92 bits per heavy atom. The lowest BCUT2D eigenvalue weighted by Crippen LogP contribution is -2.45. The summed E-state index contributed by atoms with van der Waals surface area (Å²) in [5, 5.41) is 8.78. The van der Waals surface area contributed by atoms with Crippen LogP contribution < -0.4 is 10.6 Å². The van der Waals surface area contributed by atoms with Crippen LogP contribution in [0.1, 0.15) is 34.1 Å². The maximum atomic E-state index is 4.28. The first-order valence-electron chi connectivity index (χ1n) is 8.27. The molecular weight excluding hydrogens is 453 g/mol. The topological polar surface area (TPSA) is 52.6 Å². The summed E-state index contributed by atoms with van der Waals surface area (Å²) in [5.74, 6) is 1.96. The van der Waals surface area contributed by atoms with Crippen LogP contribution in [0.4, 0.5) is 0 Å². The second kappa shape index (κ2) is 14.1. The molecule has 140 valence electrons. The van der Waals surface area contributed by atoms with Gasteiger partial charge in [-0.05, 0) is 34.1 Å². The monoisotopic (exact) mass is 485 g/mol. The van der Waals surface area contributed by atoms with Gasteiger partial charge in [0.1, 0.15) is 4.34 Å². The lowest BCUT2D eigenvalue weighted by atomic mass is 10.2. The molecule has 0 amide bonds. The van der Waals surface area contributed by atoms with Crippen molar-refractivity contribution in [2.24, 2.45) is 4.99 Å². The fourth-order valence-electron chi connectivity index (χ4n) is 2.36. The molecule has 0 radical (unpaired) electrons. The highest BCUT2D eigenvalue weighted by molar-refractivity contribution is 14.0. The smallest absolute Gasteiger partial charge is 0.191 e. The first-order valence-corrected chi connectivity index (χ1v) is 10.1. The standard InChI is InChI=1S/C16H31N5S2.HI/c1-13(2)21(14(3)4)10-8-19-15(17-5)18-7-6-11-22-16-20-9-12-23-16;/h9,12-14H,6-8,10-11H2,1-5H3,(H2,17,18,19);1H. The second-order valence-electron chi connectivity index (χ2n) is 5.85. The molecule has 0 aliphatic heterocycles. The van der Waals surface area contributed by atoms with E-state index in [1.54, 1.807) is 11.3 Å². The Hall–Kier alpha value is -0.0600. The van der Waals surface area contributed by atoms with Crippen LogP contribution in [-0.2, 0) is 0 Å². The number of hydrogen-bond acceptors (Lipinski definition) is 5. The van der Waals surface area contributed by atoms with Gasteiger partial charge < -0.3 is 10.6 Å². The Balaban J connectivity index is 0.00000529. The predicted molar refractivity (Wildman–Crippen MR) is 119 cm³/mol. The number of halogens is 1. The molecule has 24 heavy (non-hydrogen) atoms. The normalized spacial score (nSPS) is 11.9. The van der Waals surface area contributed by atoms with Crippen LogP contribution >= 0.6 is 47.1 Å². The second-order valence-corrected chi connectivity index (χ2v) is 8.09. The lowest BCUT2D eigenvalue weighted by molar-refractivity contribution is 0.178. The van der Waals surface area contributed by atoms with Crippen LogP contribution in [0.5, 0.6) is 0 Å². The summed E-state index contributed by atoms with van der Waals surface area (Å²) >= 11 is 3.52. The van der Waals surface area contributed by atoms with E-state index in [-0.39, 0.29) is 24.0 Å². The molecular formula is C16H32IN5S2. The molecule has 0 saturated carbocycles. The van der Waals surface area contributed by atoms with Gasteiger partial charge in [0, 0.05) is 56.1 Å². The summed E-state index contributed by atoms with van der Waals surface area (Å²) in [7, 11) is 1.82. The van der Waals surface area contributed by atoms with Crippen LogP contribution in [0.25, 0.3) is 0 Å². The highest BCUT2D eigenvalue weighted by atomic mass is 127. The molecule has 0 bridgehead atoms. The first kappa shape index (κ1) is 23.9. The summed E-state index contributed by atoms with van der Waals surface area (Å²) in [4.78, 5) is 11.0. The number of guanidine groups is 1. The Morgan fingerprint density at radius 3 is 2.46 bits per heavy atom. The molecule has 1 rings (SSSR count). The van der Waals surface area contributed by atoms with Crippen molar-refractivity contribution in [3.8, 4) is 0 Å². The number of aliphatic imine (C=N–C) groups is 1. The maximum Gasteiger partial charge on any atom is 0.191 e. The quantitative estimate of drug-likeness (QED) is 0.175. The number of rotatable bonds is 10. The van der Waals surface area contributed by atoms with E-state index >= 15 is 0 Å². The van der Waals surface area contributed by atoms with E-state index in [9.17, 15) is 0 Å². The molecule has 1 heterocycles.